The zero-order valence-electron chi connectivity index (χ0n) is 8.12. The molecule has 2 heteroatoms. The van der Waals surface area contributed by atoms with Gasteiger partial charge in [0.05, 0.1) is 12.2 Å². The Hall–Kier alpha value is -0.0800. The molecule has 0 amide bonds. The van der Waals surface area contributed by atoms with Crippen LogP contribution in [0.15, 0.2) is 0 Å². The first-order valence-electron chi connectivity index (χ1n) is 5.03. The Morgan fingerprint density at radius 1 is 1.50 bits per heavy atom. The molecule has 12 heavy (non-hydrogen) atoms. The van der Waals surface area contributed by atoms with Crippen LogP contribution in [0, 0.1) is 5.92 Å². The number of hydrogen-bond donors (Lipinski definition) is 1. The van der Waals surface area contributed by atoms with E-state index < -0.39 is 0 Å². The maximum atomic E-state index is 9.60. The maximum absolute atomic E-state index is 9.60. The molecule has 1 fully saturated rings. The van der Waals surface area contributed by atoms with E-state index in [1.165, 1.54) is 19.3 Å². The Labute approximate surface area is 74.9 Å². The highest BCUT2D eigenvalue weighted by atomic mass is 16.5. The molecule has 0 aliphatic heterocycles. The highest BCUT2D eigenvalue weighted by Gasteiger charge is 2.23. The topological polar surface area (TPSA) is 29.5 Å². The summed E-state index contributed by atoms with van der Waals surface area (Å²) in [5.74, 6) is 0.911. The van der Waals surface area contributed by atoms with E-state index in [2.05, 4.69) is 0 Å². The van der Waals surface area contributed by atoms with Crippen LogP contribution in [0.5, 0.6) is 0 Å². The van der Waals surface area contributed by atoms with Crippen molar-refractivity contribution in [2.75, 3.05) is 6.61 Å². The second kappa shape index (κ2) is 4.83. The number of ether oxygens (including phenoxy) is 1. The van der Waals surface area contributed by atoms with Crippen molar-refractivity contribution in [3.63, 3.8) is 0 Å². The molecule has 0 saturated heterocycles. The molecule has 1 aliphatic carbocycles. The minimum atomic E-state index is -0.259. The smallest absolute Gasteiger partial charge is 0.0805 e. The Morgan fingerprint density at radius 3 is 2.67 bits per heavy atom. The first-order chi connectivity index (χ1) is 5.74. The van der Waals surface area contributed by atoms with E-state index in [-0.39, 0.29) is 12.2 Å². The lowest BCUT2D eigenvalue weighted by atomic mass is 10.1. The lowest BCUT2D eigenvalue weighted by Gasteiger charge is -2.18. The van der Waals surface area contributed by atoms with E-state index in [1.807, 2.05) is 13.8 Å². The first-order valence-corrected chi connectivity index (χ1v) is 5.03. The number of aliphatic hydroxyl groups excluding tert-OH is 1. The van der Waals surface area contributed by atoms with Crippen molar-refractivity contribution in [3.8, 4) is 0 Å². The second-order valence-corrected chi connectivity index (χ2v) is 3.75. The zero-order chi connectivity index (χ0) is 8.97. The molecule has 0 heterocycles. The van der Waals surface area contributed by atoms with Gasteiger partial charge >= 0.3 is 0 Å². The molecule has 0 aromatic heterocycles. The van der Waals surface area contributed by atoms with Gasteiger partial charge in [-0.25, -0.2) is 0 Å². The largest absolute Gasteiger partial charge is 0.390 e. The van der Waals surface area contributed by atoms with Gasteiger partial charge in [-0.2, -0.15) is 0 Å². The summed E-state index contributed by atoms with van der Waals surface area (Å²) in [6.45, 7) is 4.60. The monoisotopic (exact) mass is 172 g/mol. The molecule has 1 aliphatic rings. The van der Waals surface area contributed by atoms with Gasteiger partial charge in [0, 0.05) is 6.61 Å². The van der Waals surface area contributed by atoms with E-state index in [9.17, 15) is 5.11 Å². The lowest BCUT2D eigenvalue weighted by Crippen LogP contribution is -2.25. The summed E-state index contributed by atoms with van der Waals surface area (Å²) < 4.78 is 5.31. The Balaban J connectivity index is 2.03. The summed E-state index contributed by atoms with van der Waals surface area (Å²) in [5.41, 5.74) is 0. The number of rotatable bonds is 6. The van der Waals surface area contributed by atoms with Crippen LogP contribution in [0.25, 0.3) is 0 Å². The number of aliphatic hydroxyl groups is 1. The first kappa shape index (κ1) is 10.0. The maximum Gasteiger partial charge on any atom is 0.0805 e. The van der Waals surface area contributed by atoms with Crippen molar-refractivity contribution in [2.45, 2.75) is 51.7 Å². The van der Waals surface area contributed by atoms with Crippen molar-refractivity contribution in [1.82, 2.24) is 0 Å². The predicted octanol–water partition coefficient (Wildman–Crippen LogP) is 1.96. The summed E-state index contributed by atoms with van der Waals surface area (Å²) >= 11 is 0. The third-order valence-electron chi connectivity index (χ3n) is 2.54. The van der Waals surface area contributed by atoms with E-state index in [0.29, 0.717) is 6.61 Å². The third kappa shape index (κ3) is 3.55. The van der Waals surface area contributed by atoms with Gasteiger partial charge in [0.1, 0.15) is 0 Å². The zero-order valence-corrected chi connectivity index (χ0v) is 8.12. The second-order valence-electron chi connectivity index (χ2n) is 3.75. The fraction of sp³-hybridized carbons (Fsp3) is 1.00. The molecule has 1 saturated carbocycles. The third-order valence-corrected chi connectivity index (χ3v) is 2.54. The quantitative estimate of drug-likeness (QED) is 0.663. The summed E-state index contributed by atoms with van der Waals surface area (Å²) in [5, 5.41) is 9.60. The van der Waals surface area contributed by atoms with Gasteiger partial charge in [-0.1, -0.05) is 12.8 Å². The van der Waals surface area contributed by atoms with Gasteiger partial charge in [0.15, 0.2) is 0 Å². The van der Waals surface area contributed by atoms with E-state index >= 15 is 0 Å². The highest BCUT2D eigenvalue weighted by molar-refractivity contribution is 4.75. The van der Waals surface area contributed by atoms with Crippen LogP contribution >= 0.6 is 0 Å². The fourth-order valence-corrected chi connectivity index (χ4v) is 1.42. The normalized spacial score (nSPS) is 22.2. The van der Waals surface area contributed by atoms with Gasteiger partial charge in [-0.05, 0) is 32.6 Å². The minimum absolute atomic E-state index is 0.00810. The minimum Gasteiger partial charge on any atom is -0.390 e. The van der Waals surface area contributed by atoms with Crippen molar-refractivity contribution >= 4 is 0 Å². The van der Waals surface area contributed by atoms with Gasteiger partial charge < -0.3 is 9.84 Å². The Morgan fingerprint density at radius 2 is 2.17 bits per heavy atom. The van der Waals surface area contributed by atoms with Crippen LogP contribution in [0.1, 0.15) is 39.5 Å². The average molecular weight is 172 g/mol. The molecular weight excluding hydrogens is 152 g/mol. The van der Waals surface area contributed by atoms with Gasteiger partial charge in [-0.3, -0.25) is 0 Å². The van der Waals surface area contributed by atoms with E-state index in [4.69, 9.17) is 4.74 Å². The molecule has 2 nitrogen and oxygen atoms in total. The van der Waals surface area contributed by atoms with Crippen LogP contribution in [-0.2, 0) is 4.74 Å². The average Bonchev–Trinajstić information content (AvgIpc) is 2.83. The highest BCUT2D eigenvalue weighted by Crippen LogP contribution is 2.34. The van der Waals surface area contributed by atoms with Crippen LogP contribution in [0.3, 0.4) is 0 Å². The molecule has 0 radical (unpaired) electrons. The fourth-order valence-electron chi connectivity index (χ4n) is 1.42. The SMILES string of the molecule is CCOC(C)C(O)CCC1CC1. The molecule has 0 bridgehead atoms. The summed E-state index contributed by atoms with van der Waals surface area (Å²) in [6, 6.07) is 0. The summed E-state index contributed by atoms with van der Waals surface area (Å²) in [6.07, 6.45) is 4.58. The van der Waals surface area contributed by atoms with E-state index in [1.54, 1.807) is 0 Å². The predicted molar refractivity (Wildman–Crippen MR) is 49.1 cm³/mol. The van der Waals surface area contributed by atoms with Gasteiger partial charge in [-0.15, -0.1) is 0 Å². The molecule has 0 aromatic carbocycles. The van der Waals surface area contributed by atoms with Gasteiger partial charge in [0.2, 0.25) is 0 Å². The van der Waals surface area contributed by atoms with Crippen molar-refractivity contribution in [3.05, 3.63) is 0 Å². The molecule has 1 rings (SSSR count). The molecule has 0 aromatic rings. The van der Waals surface area contributed by atoms with E-state index in [0.717, 1.165) is 12.3 Å². The van der Waals surface area contributed by atoms with Crippen molar-refractivity contribution in [2.24, 2.45) is 5.92 Å². The molecule has 2 atom stereocenters. The Bertz CT molecular complexity index is 121. The molecule has 1 N–H and O–H groups in total. The molecule has 2 unspecified atom stereocenters. The Kier molecular flexibility index (Phi) is 4.02. The number of hydrogen-bond acceptors (Lipinski definition) is 2. The van der Waals surface area contributed by atoms with Crippen molar-refractivity contribution in [1.29, 1.82) is 0 Å². The summed E-state index contributed by atoms with van der Waals surface area (Å²) in [4.78, 5) is 0. The van der Waals surface area contributed by atoms with Gasteiger partial charge in [0.25, 0.3) is 0 Å². The van der Waals surface area contributed by atoms with Crippen LogP contribution < -0.4 is 0 Å². The van der Waals surface area contributed by atoms with Crippen LogP contribution in [0.4, 0.5) is 0 Å². The molecular formula is C10H20O2. The van der Waals surface area contributed by atoms with Crippen LogP contribution in [-0.4, -0.2) is 23.9 Å². The molecule has 0 spiro atoms. The molecule has 72 valence electrons. The lowest BCUT2D eigenvalue weighted by molar-refractivity contribution is -0.0259. The summed E-state index contributed by atoms with van der Waals surface area (Å²) in [7, 11) is 0. The van der Waals surface area contributed by atoms with Crippen molar-refractivity contribution < 1.29 is 9.84 Å². The van der Waals surface area contributed by atoms with Crippen LogP contribution in [0.2, 0.25) is 0 Å². The standard InChI is InChI=1S/C10H20O2/c1-3-12-8(2)10(11)7-6-9-4-5-9/h8-11H,3-7H2,1-2H3.